The van der Waals surface area contributed by atoms with Crippen molar-refractivity contribution in [2.45, 2.75) is 58.6 Å². The number of hydrogen-bond acceptors (Lipinski definition) is 3. The van der Waals surface area contributed by atoms with Crippen molar-refractivity contribution in [3.63, 3.8) is 0 Å². The summed E-state index contributed by atoms with van der Waals surface area (Å²) >= 11 is 0. The van der Waals surface area contributed by atoms with Crippen molar-refractivity contribution in [1.82, 2.24) is 5.32 Å². The molecule has 0 radical (unpaired) electrons. The zero-order valence-corrected chi connectivity index (χ0v) is 11.0. The summed E-state index contributed by atoms with van der Waals surface area (Å²) in [7, 11) is 0. The Morgan fingerprint density at radius 2 is 2.00 bits per heavy atom. The fraction of sp³-hybridized carbons (Fsp3) is 1.00. The van der Waals surface area contributed by atoms with Crippen LogP contribution in [0.3, 0.4) is 0 Å². The second kappa shape index (κ2) is 6.58. The summed E-state index contributed by atoms with van der Waals surface area (Å²) in [6.07, 6.45) is 5.24. The molecule has 3 heteroatoms. The number of aliphatic hydroxyl groups excluding tert-OH is 1. The van der Waals surface area contributed by atoms with E-state index in [9.17, 15) is 0 Å². The molecule has 1 rings (SSSR count). The quantitative estimate of drug-likeness (QED) is 0.731. The number of rotatable bonds is 6. The number of aliphatic hydroxyl groups is 1. The average molecular weight is 229 g/mol. The molecular weight excluding hydrogens is 202 g/mol. The van der Waals surface area contributed by atoms with Gasteiger partial charge in [0.15, 0.2) is 0 Å². The minimum atomic E-state index is 0.0972. The van der Waals surface area contributed by atoms with E-state index in [1.54, 1.807) is 0 Å². The van der Waals surface area contributed by atoms with Gasteiger partial charge in [-0.3, -0.25) is 0 Å². The van der Waals surface area contributed by atoms with Gasteiger partial charge in [0.2, 0.25) is 0 Å². The third kappa shape index (κ3) is 4.81. The van der Waals surface area contributed by atoms with Gasteiger partial charge in [0.1, 0.15) is 0 Å². The molecule has 0 aromatic heterocycles. The third-order valence-electron chi connectivity index (χ3n) is 3.53. The lowest BCUT2D eigenvalue weighted by Gasteiger charge is -2.34. The summed E-state index contributed by atoms with van der Waals surface area (Å²) in [4.78, 5) is 0. The van der Waals surface area contributed by atoms with Crippen molar-refractivity contribution < 1.29 is 9.84 Å². The Bertz CT molecular complexity index is 184. The third-order valence-corrected chi connectivity index (χ3v) is 3.53. The van der Waals surface area contributed by atoms with Gasteiger partial charge in [0.25, 0.3) is 0 Å². The van der Waals surface area contributed by atoms with Crippen LogP contribution in [0.15, 0.2) is 0 Å². The summed E-state index contributed by atoms with van der Waals surface area (Å²) in [5.74, 6) is 0. The van der Waals surface area contributed by atoms with Crippen molar-refractivity contribution >= 4 is 0 Å². The van der Waals surface area contributed by atoms with E-state index < -0.39 is 0 Å². The van der Waals surface area contributed by atoms with E-state index in [2.05, 4.69) is 19.2 Å². The molecule has 0 aromatic carbocycles. The molecule has 0 heterocycles. The largest absolute Gasteiger partial charge is 0.395 e. The van der Waals surface area contributed by atoms with Gasteiger partial charge < -0.3 is 15.2 Å². The Labute approximate surface area is 99.6 Å². The molecule has 0 spiro atoms. The number of hydrogen-bond donors (Lipinski definition) is 2. The maximum atomic E-state index is 9.13. The predicted molar refractivity (Wildman–Crippen MR) is 66.5 cm³/mol. The fourth-order valence-corrected chi connectivity index (χ4v) is 2.26. The molecule has 96 valence electrons. The van der Waals surface area contributed by atoms with Crippen molar-refractivity contribution in [3.05, 3.63) is 0 Å². The summed E-state index contributed by atoms with van der Waals surface area (Å²) in [5, 5.41) is 12.3. The molecule has 1 saturated carbocycles. The van der Waals surface area contributed by atoms with Gasteiger partial charge in [-0.2, -0.15) is 0 Å². The SMILES string of the molecule is CCNC(CO)COC1CCC(C)(C)CC1. The van der Waals surface area contributed by atoms with Crippen LogP contribution in [0.4, 0.5) is 0 Å². The number of likely N-dealkylation sites (N-methyl/N-ethyl adjacent to an activating group) is 1. The highest BCUT2D eigenvalue weighted by Gasteiger charge is 2.27. The lowest BCUT2D eigenvalue weighted by atomic mass is 9.76. The van der Waals surface area contributed by atoms with Gasteiger partial charge in [-0.25, -0.2) is 0 Å². The Balaban J connectivity index is 2.18. The van der Waals surface area contributed by atoms with Gasteiger partial charge in [-0.15, -0.1) is 0 Å². The van der Waals surface area contributed by atoms with Crippen molar-refractivity contribution in [3.8, 4) is 0 Å². The second-order valence-electron chi connectivity index (χ2n) is 5.63. The minimum Gasteiger partial charge on any atom is -0.395 e. The second-order valence-corrected chi connectivity index (χ2v) is 5.63. The lowest BCUT2D eigenvalue weighted by Crippen LogP contribution is -2.38. The highest BCUT2D eigenvalue weighted by Crippen LogP contribution is 2.36. The van der Waals surface area contributed by atoms with Crippen molar-refractivity contribution in [2.24, 2.45) is 5.41 Å². The Morgan fingerprint density at radius 3 is 2.50 bits per heavy atom. The average Bonchev–Trinajstić information content (AvgIpc) is 2.26. The molecule has 0 amide bonds. The molecule has 16 heavy (non-hydrogen) atoms. The molecule has 1 fully saturated rings. The van der Waals surface area contributed by atoms with Crippen LogP contribution in [0.5, 0.6) is 0 Å². The lowest BCUT2D eigenvalue weighted by molar-refractivity contribution is -0.0116. The van der Waals surface area contributed by atoms with Crippen molar-refractivity contribution in [1.29, 1.82) is 0 Å². The highest BCUT2D eigenvalue weighted by atomic mass is 16.5. The molecule has 1 aliphatic rings. The topological polar surface area (TPSA) is 41.5 Å². The highest BCUT2D eigenvalue weighted by molar-refractivity contribution is 4.79. The molecular formula is C13H27NO2. The summed E-state index contributed by atoms with van der Waals surface area (Å²) in [6, 6.07) is 0.0972. The molecule has 0 aromatic rings. The maximum absolute atomic E-state index is 9.13. The molecule has 1 aliphatic carbocycles. The Kier molecular flexibility index (Phi) is 5.73. The first-order chi connectivity index (χ1) is 7.57. The van der Waals surface area contributed by atoms with E-state index in [0.717, 1.165) is 19.4 Å². The first-order valence-corrected chi connectivity index (χ1v) is 6.53. The first-order valence-electron chi connectivity index (χ1n) is 6.53. The van der Waals surface area contributed by atoms with Crippen LogP contribution in [0.25, 0.3) is 0 Å². The minimum absolute atomic E-state index is 0.0972. The van der Waals surface area contributed by atoms with Crippen LogP contribution in [0.1, 0.15) is 46.5 Å². The van der Waals surface area contributed by atoms with Crippen LogP contribution in [0.2, 0.25) is 0 Å². The van der Waals surface area contributed by atoms with Crippen LogP contribution >= 0.6 is 0 Å². The van der Waals surface area contributed by atoms with E-state index in [0.29, 0.717) is 18.1 Å². The molecule has 1 atom stereocenters. The summed E-state index contributed by atoms with van der Waals surface area (Å²) < 4.78 is 5.86. The fourth-order valence-electron chi connectivity index (χ4n) is 2.26. The van der Waals surface area contributed by atoms with Crippen LogP contribution in [-0.2, 0) is 4.74 Å². The van der Waals surface area contributed by atoms with Crippen LogP contribution < -0.4 is 5.32 Å². The number of nitrogens with one attached hydrogen (secondary N) is 1. The van der Waals surface area contributed by atoms with Gasteiger partial charge >= 0.3 is 0 Å². The standard InChI is InChI=1S/C13H27NO2/c1-4-14-11(9-15)10-16-12-5-7-13(2,3)8-6-12/h11-12,14-15H,4-10H2,1-3H3. The van der Waals surface area contributed by atoms with Gasteiger partial charge in [0, 0.05) is 0 Å². The zero-order chi connectivity index (χ0) is 12.0. The predicted octanol–water partition coefficient (Wildman–Crippen LogP) is 1.94. The van der Waals surface area contributed by atoms with E-state index in [1.807, 2.05) is 6.92 Å². The molecule has 2 N–H and O–H groups in total. The van der Waals surface area contributed by atoms with Crippen LogP contribution in [0, 0.1) is 5.41 Å². The Morgan fingerprint density at radius 1 is 1.38 bits per heavy atom. The van der Waals surface area contributed by atoms with E-state index >= 15 is 0 Å². The summed E-state index contributed by atoms with van der Waals surface area (Å²) in [5.41, 5.74) is 0.498. The van der Waals surface area contributed by atoms with Gasteiger partial charge in [-0.1, -0.05) is 20.8 Å². The van der Waals surface area contributed by atoms with E-state index in [4.69, 9.17) is 9.84 Å². The molecule has 1 unspecified atom stereocenters. The Hall–Kier alpha value is -0.120. The van der Waals surface area contributed by atoms with Crippen LogP contribution in [-0.4, -0.2) is 37.0 Å². The molecule has 0 saturated heterocycles. The van der Waals surface area contributed by atoms with E-state index in [-0.39, 0.29) is 12.6 Å². The zero-order valence-electron chi connectivity index (χ0n) is 11.0. The molecule has 3 nitrogen and oxygen atoms in total. The normalized spacial score (nSPS) is 23.2. The monoisotopic (exact) mass is 229 g/mol. The maximum Gasteiger partial charge on any atom is 0.0645 e. The van der Waals surface area contributed by atoms with Gasteiger partial charge in [-0.05, 0) is 37.6 Å². The molecule has 0 bridgehead atoms. The molecule has 0 aliphatic heterocycles. The van der Waals surface area contributed by atoms with E-state index in [1.165, 1.54) is 12.8 Å². The van der Waals surface area contributed by atoms with Gasteiger partial charge in [0.05, 0.1) is 25.4 Å². The van der Waals surface area contributed by atoms with Crippen molar-refractivity contribution in [2.75, 3.05) is 19.8 Å². The number of ether oxygens (including phenoxy) is 1. The smallest absolute Gasteiger partial charge is 0.0645 e. The first kappa shape index (κ1) is 13.9. The summed E-state index contributed by atoms with van der Waals surface area (Å²) in [6.45, 7) is 8.39.